The molecular formula is C10H11N5O. The SMILES string of the molecule is O=C(NCCc1ccccn1)c1ncn[nH]1. The molecule has 1 amide bonds. The van der Waals surface area contributed by atoms with Crippen molar-refractivity contribution >= 4 is 5.91 Å². The van der Waals surface area contributed by atoms with Crippen molar-refractivity contribution in [3.05, 3.63) is 42.2 Å². The summed E-state index contributed by atoms with van der Waals surface area (Å²) in [5.41, 5.74) is 0.945. The van der Waals surface area contributed by atoms with E-state index in [4.69, 9.17) is 0 Å². The van der Waals surface area contributed by atoms with Crippen molar-refractivity contribution in [3.8, 4) is 0 Å². The Balaban J connectivity index is 1.79. The minimum Gasteiger partial charge on any atom is -0.349 e. The monoisotopic (exact) mass is 217 g/mol. The number of nitrogens with zero attached hydrogens (tertiary/aromatic N) is 3. The zero-order chi connectivity index (χ0) is 11.2. The normalized spacial score (nSPS) is 10.0. The van der Waals surface area contributed by atoms with E-state index in [0.29, 0.717) is 13.0 Å². The van der Waals surface area contributed by atoms with Crippen LogP contribution >= 0.6 is 0 Å². The van der Waals surface area contributed by atoms with E-state index in [1.54, 1.807) is 6.20 Å². The molecule has 2 aromatic rings. The number of pyridine rings is 1. The van der Waals surface area contributed by atoms with E-state index in [1.165, 1.54) is 6.33 Å². The van der Waals surface area contributed by atoms with Crippen LogP contribution in [0.4, 0.5) is 0 Å². The molecule has 16 heavy (non-hydrogen) atoms. The maximum Gasteiger partial charge on any atom is 0.288 e. The zero-order valence-electron chi connectivity index (χ0n) is 8.55. The van der Waals surface area contributed by atoms with Gasteiger partial charge in [0.2, 0.25) is 5.82 Å². The smallest absolute Gasteiger partial charge is 0.288 e. The van der Waals surface area contributed by atoms with Gasteiger partial charge in [0.1, 0.15) is 6.33 Å². The summed E-state index contributed by atoms with van der Waals surface area (Å²) in [5, 5.41) is 8.82. The van der Waals surface area contributed by atoms with Gasteiger partial charge in [0.05, 0.1) is 0 Å². The molecule has 0 bridgehead atoms. The number of nitrogens with one attached hydrogen (secondary N) is 2. The van der Waals surface area contributed by atoms with E-state index >= 15 is 0 Å². The highest BCUT2D eigenvalue weighted by Crippen LogP contribution is 1.93. The summed E-state index contributed by atoms with van der Waals surface area (Å²) >= 11 is 0. The van der Waals surface area contributed by atoms with Crippen molar-refractivity contribution < 1.29 is 4.79 Å². The van der Waals surface area contributed by atoms with Gasteiger partial charge < -0.3 is 5.32 Å². The van der Waals surface area contributed by atoms with Gasteiger partial charge in [-0.2, -0.15) is 5.10 Å². The molecular weight excluding hydrogens is 206 g/mol. The van der Waals surface area contributed by atoms with Crippen LogP contribution in [0.25, 0.3) is 0 Å². The van der Waals surface area contributed by atoms with Crippen molar-refractivity contribution in [1.29, 1.82) is 0 Å². The molecule has 82 valence electrons. The van der Waals surface area contributed by atoms with Gasteiger partial charge in [0.15, 0.2) is 0 Å². The van der Waals surface area contributed by atoms with Gasteiger partial charge in [-0.15, -0.1) is 0 Å². The molecule has 6 heteroatoms. The quantitative estimate of drug-likeness (QED) is 0.764. The third-order valence-electron chi connectivity index (χ3n) is 2.02. The Labute approximate surface area is 92.1 Å². The van der Waals surface area contributed by atoms with E-state index in [9.17, 15) is 4.79 Å². The van der Waals surface area contributed by atoms with E-state index < -0.39 is 0 Å². The van der Waals surface area contributed by atoms with E-state index in [2.05, 4.69) is 25.5 Å². The second-order valence-corrected chi connectivity index (χ2v) is 3.16. The van der Waals surface area contributed by atoms with Crippen molar-refractivity contribution in [2.75, 3.05) is 6.54 Å². The highest BCUT2D eigenvalue weighted by molar-refractivity contribution is 5.90. The number of aromatic nitrogens is 4. The lowest BCUT2D eigenvalue weighted by Gasteiger charge is -2.01. The Bertz CT molecular complexity index is 439. The Morgan fingerprint density at radius 1 is 1.38 bits per heavy atom. The van der Waals surface area contributed by atoms with Crippen molar-refractivity contribution in [3.63, 3.8) is 0 Å². The summed E-state index contributed by atoms with van der Waals surface area (Å²) in [6.45, 7) is 0.524. The molecule has 0 saturated carbocycles. The molecule has 0 spiro atoms. The van der Waals surface area contributed by atoms with Crippen LogP contribution in [0.1, 0.15) is 16.3 Å². The third-order valence-corrected chi connectivity index (χ3v) is 2.02. The lowest BCUT2D eigenvalue weighted by Crippen LogP contribution is -2.26. The van der Waals surface area contributed by atoms with Gasteiger partial charge >= 0.3 is 0 Å². The summed E-state index contributed by atoms with van der Waals surface area (Å²) < 4.78 is 0. The lowest BCUT2D eigenvalue weighted by atomic mass is 10.3. The Morgan fingerprint density at radius 3 is 3.00 bits per heavy atom. The first-order chi connectivity index (χ1) is 7.86. The third kappa shape index (κ3) is 2.63. The fourth-order valence-electron chi connectivity index (χ4n) is 1.25. The number of H-pyrrole nitrogens is 1. The zero-order valence-corrected chi connectivity index (χ0v) is 8.55. The molecule has 2 rings (SSSR count). The molecule has 2 aromatic heterocycles. The van der Waals surface area contributed by atoms with Gasteiger partial charge in [0, 0.05) is 24.9 Å². The largest absolute Gasteiger partial charge is 0.349 e. The van der Waals surface area contributed by atoms with Gasteiger partial charge in [0.25, 0.3) is 5.91 Å². The first-order valence-electron chi connectivity index (χ1n) is 4.90. The van der Waals surface area contributed by atoms with Crippen LogP contribution in [-0.2, 0) is 6.42 Å². The first-order valence-corrected chi connectivity index (χ1v) is 4.90. The molecule has 0 radical (unpaired) electrons. The maximum atomic E-state index is 11.4. The predicted octanol–water partition coefficient (Wildman–Crippen LogP) is 0.172. The summed E-state index contributed by atoms with van der Waals surface area (Å²) in [4.78, 5) is 19.3. The minimum absolute atomic E-state index is 0.223. The fraction of sp³-hybridized carbons (Fsp3) is 0.200. The summed E-state index contributed by atoms with van der Waals surface area (Å²) in [5.74, 6) is -0.0329. The van der Waals surface area contributed by atoms with Gasteiger partial charge in [-0.1, -0.05) is 6.07 Å². The first kappa shape index (κ1) is 10.3. The molecule has 2 heterocycles. The van der Waals surface area contributed by atoms with Crippen molar-refractivity contribution in [2.24, 2.45) is 0 Å². The lowest BCUT2D eigenvalue weighted by molar-refractivity contribution is 0.0944. The molecule has 0 unspecified atom stereocenters. The molecule has 6 nitrogen and oxygen atoms in total. The number of amides is 1. The van der Waals surface area contributed by atoms with Crippen LogP contribution in [0.2, 0.25) is 0 Å². The molecule has 0 aliphatic heterocycles. The molecule has 0 aliphatic carbocycles. The van der Waals surface area contributed by atoms with Crippen LogP contribution < -0.4 is 5.32 Å². The number of hydrogen-bond acceptors (Lipinski definition) is 4. The number of hydrogen-bond donors (Lipinski definition) is 2. The Kier molecular flexibility index (Phi) is 3.22. The van der Waals surface area contributed by atoms with Crippen molar-refractivity contribution in [1.82, 2.24) is 25.5 Å². The average Bonchev–Trinajstić information content (AvgIpc) is 2.84. The van der Waals surface area contributed by atoms with Gasteiger partial charge in [-0.3, -0.25) is 14.9 Å². The standard InChI is InChI=1S/C10H11N5O/c16-10(9-13-7-14-15-9)12-6-4-8-3-1-2-5-11-8/h1-3,5,7H,4,6H2,(H,12,16)(H,13,14,15). The molecule has 0 fully saturated rings. The van der Waals surface area contributed by atoms with Crippen LogP contribution in [0.15, 0.2) is 30.7 Å². The van der Waals surface area contributed by atoms with Crippen LogP contribution in [0.5, 0.6) is 0 Å². The second-order valence-electron chi connectivity index (χ2n) is 3.16. The highest BCUT2D eigenvalue weighted by Gasteiger charge is 2.06. The Morgan fingerprint density at radius 2 is 2.31 bits per heavy atom. The minimum atomic E-state index is -0.256. The Hall–Kier alpha value is -2.24. The number of aromatic amines is 1. The summed E-state index contributed by atoms with van der Waals surface area (Å²) in [6.07, 6.45) is 3.72. The fourth-order valence-corrected chi connectivity index (χ4v) is 1.25. The average molecular weight is 217 g/mol. The summed E-state index contributed by atoms with van der Waals surface area (Å²) in [6, 6.07) is 5.69. The van der Waals surface area contributed by atoms with Crippen LogP contribution in [0.3, 0.4) is 0 Å². The molecule has 0 saturated heterocycles. The van der Waals surface area contributed by atoms with Crippen LogP contribution in [0, 0.1) is 0 Å². The van der Waals surface area contributed by atoms with E-state index in [1.807, 2.05) is 18.2 Å². The second kappa shape index (κ2) is 5.01. The number of rotatable bonds is 4. The molecule has 2 N–H and O–H groups in total. The van der Waals surface area contributed by atoms with E-state index in [-0.39, 0.29) is 11.7 Å². The summed E-state index contributed by atoms with van der Waals surface area (Å²) in [7, 11) is 0. The molecule has 0 aliphatic rings. The van der Waals surface area contributed by atoms with Gasteiger partial charge in [-0.05, 0) is 12.1 Å². The topological polar surface area (TPSA) is 83.6 Å². The molecule has 0 aromatic carbocycles. The molecule has 0 atom stereocenters. The maximum absolute atomic E-state index is 11.4. The van der Waals surface area contributed by atoms with Gasteiger partial charge in [-0.25, -0.2) is 4.98 Å². The highest BCUT2D eigenvalue weighted by atomic mass is 16.2. The van der Waals surface area contributed by atoms with E-state index in [0.717, 1.165) is 5.69 Å². The number of carbonyl (C=O) groups is 1. The van der Waals surface area contributed by atoms with Crippen molar-refractivity contribution in [2.45, 2.75) is 6.42 Å². The number of carbonyl (C=O) groups excluding carboxylic acids is 1. The van der Waals surface area contributed by atoms with Crippen LogP contribution in [-0.4, -0.2) is 32.6 Å². The predicted molar refractivity (Wildman–Crippen MR) is 56.7 cm³/mol.